The van der Waals surface area contributed by atoms with E-state index in [9.17, 15) is 14.0 Å². The van der Waals surface area contributed by atoms with Gasteiger partial charge in [0.25, 0.3) is 11.8 Å². The maximum atomic E-state index is 14.1. The molecule has 0 aromatic heterocycles. The second-order valence-electron chi connectivity index (χ2n) is 7.18. The fourth-order valence-corrected chi connectivity index (χ4v) is 4.11. The molecule has 134 valence electrons. The molecule has 2 atom stereocenters. The van der Waals surface area contributed by atoms with Crippen LogP contribution in [0.1, 0.15) is 30.1 Å². The summed E-state index contributed by atoms with van der Waals surface area (Å²) in [5.41, 5.74) is 0.444. The van der Waals surface area contributed by atoms with Crippen molar-refractivity contribution in [3.63, 3.8) is 0 Å². The number of piperidine rings is 3. The molecule has 4 heterocycles. The van der Waals surface area contributed by atoms with Gasteiger partial charge in [-0.3, -0.25) is 9.59 Å². The Hall–Kier alpha value is -2.15. The number of anilines is 1. The second-order valence-corrected chi connectivity index (χ2v) is 7.18. The van der Waals surface area contributed by atoms with Crippen molar-refractivity contribution in [1.82, 2.24) is 10.2 Å². The predicted molar refractivity (Wildman–Crippen MR) is 90.3 cm³/mol. The number of halogens is 1. The summed E-state index contributed by atoms with van der Waals surface area (Å²) in [7, 11) is 1.56. The quantitative estimate of drug-likeness (QED) is 0.878. The predicted octanol–water partition coefficient (Wildman–Crippen LogP) is 1.39. The maximum absolute atomic E-state index is 14.1. The van der Waals surface area contributed by atoms with Crippen molar-refractivity contribution < 1.29 is 18.7 Å². The number of nitrogens with one attached hydrogen (secondary N) is 1. The summed E-state index contributed by atoms with van der Waals surface area (Å²) in [6.07, 6.45) is 1.46. The fourth-order valence-electron chi connectivity index (χ4n) is 4.11. The number of carbonyl (C=O) groups is 2. The van der Waals surface area contributed by atoms with Crippen LogP contribution in [0.5, 0.6) is 5.75 Å². The lowest BCUT2D eigenvalue weighted by Gasteiger charge is -2.45. The van der Waals surface area contributed by atoms with Crippen molar-refractivity contribution >= 4 is 17.5 Å². The van der Waals surface area contributed by atoms with E-state index in [1.165, 1.54) is 17.0 Å². The van der Waals surface area contributed by atoms with Crippen molar-refractivity contribution in [2.24, 2.45) is 5.92 Å². The zero-order chi connectivity index (χ0) is 17.7. The Morgan fingerprint density at radius 1 is 1.32 bits per heavy atom. The first kappa shape index (κ1) is 16.3. The minimum atomic E-state index is -0.702. The molecule has 5 rings (SSSR count). The van der Waals surface area contributed by atoms with Gasteiger partial charge in [0.05, 0.1) is 11.3 Å². The molecule has 4 aliphatic heterocycles. The van der Waals surface area contributed by atoms with Gasteiger partial charge in [-0.2, -0.15) is 0 Å². The number of nitrogens with zero attached hydrogens (tertiary/aromatic N) is 2. The summed E-state index contributed by atoms with van der Waals surface area (Å²) in [5, 5.41) is 3.05. The molecule has 2 unspecified atom stereocenters. The lowest BCUT2D eigenvalue weighted by Crippen LogP contribution is -2.57. The zero-order valence-electron chi connectivity index (χ0n) is 14.4. The van der Waals surface area contributed by atoms with E-state index >= 15 is 0 Å². The second kappa shape index (κ2) is 5.98. The smallest absolute Gasteiger partial charge is 0.267 e. The van der Waals surface area contributed by atoms with E-state index in [-0.39, 0.29) is 29.2 Å². The highest BCUT2D eigenvalue weighted by atomic mass is 19.1. The Bertz CT molecular complexity index is 731. The van der Waals surface area contributed by atoms with Gasteiger partial charge < -0.3 is 19.9 Å². The summed E-state index contributed by atoms with van der Waals surface area (Å²) in [6.45, 7) is 4.63. The minimum absolute atomic E-state index is 0.0780. The topological polar surface area (TPSA) is 61.9 Å². The van der Waals surface area contributed by atoms with Crippen LogP contribution in [0, 0.1) is 11.7 Å². The molecule has 2 amide bonds. The third kappa shape index (κ3) is 2.76. The molecule has 25 heavy (non-hydrogen) atoms. The lowest BCUT2D eigenvalue weighted by molar-refractivity contribution is -0.125. The van der Waals surface area contributed by atoms with E-state index in [2.05, 4.69) is 10.2 Å². The molecule has 0 spiro atoms. The number of amides is 2. The van der Waals surface area contributed by atoms with Gasteiger partial charge in [0.2, 0.25) is 0 Å². The lowest BCUT2D eigenvalue weighted by atomic mass is 9.84. The van der Waals surface area contributed by atoms with E-state index in [0.29, 0.717) is 11.6 Å². The summed E-state index contributed by atoms with van der Waals surface area (Å²) < 4.78 is 19.7. The molecule has 1 aromatic rings. The molecule has 3 saturated heterocycles. The third-order valence-corrected chi connectivity index (χ3v) is 5.59. The Morgan fingerprint density at radius 3 is 2.68 bits per heavy atom. The zero-order valence-corrected chi connectivity index (χ0v) is 14.4. The number of hydrogen-bond donors (Lipinski definition) is 1. The van der Waals surface area contributed by atoms with E-state index in [0.717, 1.165) is 32.5 Å². The molecular weight excluding hydrogens is 325 g/mol. The van der Waals surface area contributed by atoms with E-state index in [4.69, 9.17) is 4.74 Å². The van der Waals surface area contributed by atoms with Crippen molar-refractivity contribution in [1.29, 1.82) is 0 Å². The Morgan fingerprint density at radius 2 is 2.04 bits per heavy atom. The average Bonchev–Trinajstić information content (AvgIpc) is 2.61. The highest BCUT2D eigenvalue weighted by molar-refractivity contribution is 6.05. The molecule has 6 nitrogen and oxygen atoms in total. The van der Waals surface area contributed by atoms with Gasteiger partial charge in [-0.25, -0.2) is 4.39 Å². The monoisotopic (exact) mass is 347 g/mol. The molecule has 0 aliphatic carbocycles. The number of benzene rings is 1. The van der Waals surface area contributed by atoms with Crippen LogP contribution in [-0.2, 0) is 4.79 Å². The van der Waals surface area contributed by atoms with Crippen LogP contribution in [0.4, 0.5) is 10.1 Å². The van der Waals surface area contributed by atoms with Crippen LogP contribution in [0.2, 0.25) is 0 Å². The van der Waals surface area contributed by atoms with Crippen LogP contribution in [-0.4, -0.2) is 55.5 Å². The Balaban J connectivity index is 1.63. The van der Waals surface area contributed by atoms with Crippen LogP contribution in [0.25, 0.3) is 0 Å². The summed E-state index contributed by atoms with van der Waals surface area (Å²) >= 11 is 0. The summed E-state index contributed by atoms with van der Waals surface area (Å²) in [5.74, 6) is -0.417. The van der Waals surface area contributed by atoms with Crippen molar-refractivity contribution in [2.75, 3.05) is 31.6 Å². The maximum Gasteiger partial charge on any atom is 0.267 e. The average molecular weight is 347 g/mol. The van der Waals surface area contributed by atoms with E-state index in [1.54, 1.807) is 14.0 Å². The van der Waals surface area contributed by atoms with Gasteiger partial charge in [-0.15, -0.1) is 0 Å². The number of rotatable bonds is 2. The minimum Gasteiger partial charge on any atom is -0.478 e. The van der Waals surface area contributed by atoms with Gasteiger partial charge in [0.15, 0.2) is 11.9 Å². The van der Waals surface area contributed by atoms with Gasteiger partial charge in [-0.1, -0.05) is 0 Å². The normalized spacial score (nSPS) is 30.7. The van der Waals surface area contributed by atoms with Gasteiger partial charge in [0, 0.05) is 25.7 Å². The first-order valence-corrected chi connectivity index (χ1v) is 8.75. The number of likely N-dealkylation sites (N-methyl/N-ethyl adjacent to an activating group) is 1. The first-order chi connectivity index (χ1) is 11.9. The molecular formula is C18H22FN3O3. The van der Waals surface area contributed by atoms with Crippen molar-refractivity contribution in [3.05, 3.63) is 23.5 Å². The summed E-state index contributed by atoms with van der Waals surface area (Å²) in [4.78, 5) is 28.6. The molecule has 7 heteroatoms. The standard InChI is InChI=1S/C18H22FN3O3/c1-10-18(24)21(2)15-8-12(19)7-13(16(15)25-10)17(23)20-14-9-22-5-3-11(14)4-6-22/h7-8,10-11,14H,3-6,9H2,1-2H3,(H,20,23). The Kier molecular flexibility index (Phi) is 3.91. The van der Waals surface area contributed by atoms with Crippen LogP contribution >= 0.6 is 0 Å². The highest BCUT2D eigenvalue weighted by Gasteiger charge is 2.37. The van der Waals surface area contributed by atoms with Crippen LogP contribution in [0.15, 0.2) is 12.1 Å². The van der Waals surface area contributed by atoms with Gasteiger partial charge >= 0.3 is 0 Å². The third-order valence-electron chi connectivity index (χ3n) is 5.59. The summed E-state index contributed by atoms with van der Waals surface area (Å²) in [6, 6.07) is 2.49. The molecule has 2 bridgehead atoms. The number of ether oxygens (including phenoxy) is 1. The number of fused-ring (bicyclic) bond motifs is 4. The number of hydrogen-bond acceptors (Lipinski definition) is 4. The van der Waals surface area contributed by atoms with Crippen LogP contribution in [0.3, 0.4) is 0 Å². The molecule has 1 aromatic carbocycles. The molecule has 4 aliphatic rings. The highest BCUT2D eigenvalue weighted by Crippen LogP contribution is 2.38. The number of carbonyl (C=O) groups excluding carboxylic acids is 2. The SMILES string of the molecule is CC1Oc2c(C(=O)NC3CN4CCC3CC4)cc(F)cc2N(C)C1=O. The van der Waals surface area contributed by atoms with Crippen molar-refractivity contribution in [2.45, 2.75) is 31.9 Å². The first-order valence-electron chi connectivity index (χ1n) is 8.75. The van der Waals surface area contributed by atoms with Gasteiger partial charge in [-0.05, 0) is 44.8 Å². The van der Waals surface area contributed by atoms with E-state index in [1.807, 2.05) is 0 Å². The van der Waals surface area contributed by atoms with E-state index < -0.39 is 11.9 Å². The molecule has 0 radical (unpaired) electrons. The Labute approximate surface area is 145 Å². The largest absolute Gasteiger partial charge is 0.478 e. The molecule has 1 N–H and O–H groups in total. The van der Waals surface area contributed by atoms with Crippen molar-refractivity contribution in [3.8, 4) is 5.75 Å². The van der Waals surface area contributed by atoms with Gasteiger partial charge in [0.1, 0.15) is 5.82 Å². The molecule has 0 saturated carbocycles. The molecule has 3 fully saturated rings. The fraction of sp³-hybridized carbons (Fsp3) is 0.556. The van der Waals surface area contributed by atoms with Crippen LogP contribution < -0.4 is 15.0 Å².